The van der Waals surface area contributed by atoms with Crippen LogP contribution < -0.4 is 4.74 Å². The fraction of sp³-hybridized carbons (Fsp3) is 0.351. The Bertz CT molecular complexity index is 1410. The highest BCUT2D eigenvalue weighted by atomic mass is 16.5. The predicted molar refractivity (Wildman–Crippen MR) is 171 cm³/mol. The van der Waals surface area contributed by atoms with Gasteiger partial charge in [-0.05, 0) is 60.2 Å². The van der Waals surface area contributed by atoms with Gasteiger partial charge in [-0.25, -0.2) is 0 Å². The standard InChI is InChI=1S/C37H43N3O3/c1-3-4-6-17-35(40-25-24-39(29-40)28-33-16-10-9-15-32(33)27-38)37(36(41)18-11-14-30-12-7-5-8-13-30)43-26-23-31-19-21-34(42-2)22-20-31/h5-10,12-13,15-17,19-22H,3-4,11,14,18,23-26,28-29H2,1-2H3/b17-6+,37-35-. The average molecular weight is 578 g/mol. The molecule has 6 nitrogen and oxygen atoms in total. The topological polar surface area (TPSA) is 65.8 Å². The molecule has 0 amide bonds. The van der Waals surface area contributed by atoms with Crippen LogP contribution in [0.25, 0.3) is 0 Å². The predicted octanol–water partition coefficient (Wildman–Crippen LogP) is 7.06. The number of carbonyl (C=O) groups excluding carboxylic acids is 1. The maximum absolute atomic E-state index is 13.8. The summed E-state index contributed by atoms with van der Waals surface area (Å²) in [5, 5.41) is 9.57. The van der Waals surface area contributed by atoms with Crippen molar-refractivity contribution < 1.29 is 14.3 Å². The second-order valence-electron chi connectivity index (χ2n) is 10.8. The second-order valence-corrected chi connectivity index (χ2v) is 10.8. The van der Waals surface area contributed by atoms with Gasteiger partial charge in [0.25, 0.3) is 0 Å². The summed E-state index contributed by atoms with van der Waals surface area (Å²) in [6.07, 6.45) is 8.90. The van der Waals surface area contributed by atoms with Crippen LogP contribution >= 0.6 is 0 Å². The summed E-state index contributed by atoms with van der Waals surface area (Å²) in [4.78, 5) is 18.4. The first kappa shape index (κ1) is 31.6. The van der Waals surface area contributed by atoms with Crippen LogP contribution in [0.15, 0.2) is 102 Å². The third kappa shape index (κ3) is 9.59. The summed E-state index contributed by atoms with van der Waals surface area (Å²) < 4.78 is 11.7. The number of allylic oxidation sites excluding steroid dienone is 3. The number of aryl methyl sites for hydroxylation is 1. The van der Waals surface area contributed by atoms with Gasteiger partial charge in [0.15, 0.2) is 11.5 Å². The molecule has 0 radical (unpaired) electrons. The quantitative estimate of drug-likeness (QED) is 0.103. The van der Waals surface area contributed by atoms with Gasteiger partial charge < -0.3 is 14.4 Å². The van der Waals surface area contributed by atoms with Crippen LogP contribution in [0.2, 0.25) is 0 Å². The SMILES string of the molecule is CCC/C=C/C(=C(/OCCc1ccc(OC)cc1)C(=O)CCCc1ccccc1)N1CCN(Cc2ccccc2C#N)C1. The van der Waals surface area contributed by atoms with E-state index in [1.54, 1.807) is 7.11 Å². The Hall–Kier alpha value is -4.34. The van der Waals surface area contributed by atoms with Crippen molar-refractivity contribution in [3.05, 3.63) is 125 Å². The Morgan fingerprint density at radius 1 is 0.953 bits per heavy atom. The molecular weight excluding hydrogens is 534 g/mol. The molecule has 0 saturated carbocycles. The monoisotopic (exact) mass is 577 g/mol. The van der Waals surface area contributed by atoms with Gasteiger partial charge in [0.1, 0.15) is 5.75 Å². The summed E-state index contributed by atoms with van der Waals surface area (Å²) in [6, 6.07) is 28.3. The lowest BCUT2D eigenvalue weighted by molar-refractivity contribution is -0.119. The third-order valence-corrected chi connectivity index (χ3v) is 7.65. The van der Waals surface area contributed by atoms with Crippen molar-refractivity contribution in [2.75, 3.05) is 33.5 Å². The molecule has 4 rings (SSSR count). The minimum absolute atomic E-state index is 0.0371. The zero-order valence-corrected chi connectivity index (χ0v) is 25.5. The fourth-order valence-electron chi connectivity index (χ4n) is 5.24. The zero-order valence-electron chi connectivity index (χ0n) is 25.5. The van der Waals surface area contributed by atoms with Crippen LogP contribution in [0.3, 0.4) is 0 Å². The molecule has 1 heterocycles. The fourth-order valence-corrected chi connectivity index (χ4v) is 5.24. The molecule has 0 aromatic heterocycles. The van der Waals surface area contributed by atoms with E-state index in [2.05, 4.69) is 47.1 Å². The van der Waals surface area contributed by atoms with Crippen molar-refractivity contribution in [2.24, 2.45) is 0 Å². The first-order chi connectivity index (χ1) is 21.1. The van der Waals surface area contributed by atoms with E-state index >= 15 is 0 Å². The van der Waals surface area contributed by atoms with Crippen LogP contribution in [0.5, 0.6) is 5.75 Å². The summed E-state index contributed by atoms with van der Waals surface area (Å²) in [6.45, 7) is 5.53. The van der Waals surface area contributed by atoms with Crippen molar-refractivity contribution in [1.82, 2.24) is 9.80 Å². The van der Waals surface area contributed by atoms with E-state index in [4.69, 9.17) is 9.47 Å². The highest BCUT2D eigenvalue weighted by Gasteiger charge is 2.27. The molecule has 3 aromatic rings. The van der Waals surface area contributed by atoms with E-state index in [0.717, 1.165) is 61.3 Å². The number of methoxy groups -OCH3 is 1. The second kappa shape index (κ2) is 16.9. The molecule has 3 aromatic carbocycles. The van der Waals surface area contributed by atoms with Gasteiger partial charge in [0.05, 0.1) is 37.7 Å². The Balaban J connectivity index is 1.54. The van der Waals surface area contributed by atoms with Gasteiger partial charge in [0.2, 0.25) is 0 Å². The maximum atomic E-state index is 13.8. The van der Waals surface area contributed by atoms with Gasteiger partial charge >= 0.3 is 0 Å². The number of benzene rings is 3. The van der Waals surface area contributed by atoms with Crippen LogP contribution in [-0.4, -0.2) is 49.1 Å². The maximum Gasteiger partial charge on any atom is 0.199 e. The molecule has 0 unspecified atom stereocenters. The van der Waals surface area contributed by atoms with Gasteiger partial charge in [-0.15, -0.1) is 0 Å². The van der Waals surface area contributed by atoms with Gasteiger partial charge in [-0.2, -0.15) is 5.26 Å². The van der Waals surface area contributed by atoms with Crippen LogP contribution in [0.1, 0.15) is 54.9 Å². The Kier molecular flexibility index (Phi) is 12.4. The number of unbranched alkanes of at least 4 members (excludes halogenated alkanes) is 1. The number of nitriles is 1. The van der Waals surface area contributed by atoms with Crippen molar-refractivity contribution in [1.29, 1.82) is 5.26 Å². The number of ketones is 1. The molecule has 1 saturated heterocycles. The highest BCUT2D eigenvalue weighted by molar-refractivity contribution is 5.94. The van der Waals surface area contributed by atoms with Gasteiger partial charge in [-0.1, -0.05) is 80.1 Å². The molecule has 1 aliphatic heterocycles. The average Bonchev–Trinajstić information content (AvgIpc) is 3.51. The Morgan fingerprint density at radius 3 is 2.44 bits per heavy atom. The summed E-state index contributed by atoms with van der Waals surface area (Å²) in [5.74, 6) is 1.31. The smallest absolute Gasteiger partial charge is 0.199 e. The van der Waals surface area contributed by atoms with E-state index in [0.29, 0.717) is 44.0 Å². The normalized spacial score (nSPS) is 14.0. The molecule has 224 valence electrons. The van der Waals surface area contributed by atoms with Crippen LogP contribution in [-0.2, 0) is 28.9 Å². The van der Waals surface area contributed by atoms with E-state index in [1.165, 1.54) is 5.56 Å². The number of hydrogen-bond acceptors (Lipinski definition) is 6. The molecular formula is C37H43N3O3. The lowest BCUT2D eigenvalue weighted by Gasteiger charge is -2.24. The van der Waals surface area contributed by atoms with Crippen LogP contribution in [0, 0.1) is 11.3 Å². The largest absolute Gasteiger partial charge is 0.497 e. The molecule has 1 fully saturated rings. The number of Topliss-reactive ketones (excluding diaryl/α,β-unsaturated/α-hetero) is 1. The Morgan fingerprint density at radius 2 is 1.70 bits per heavy atom. The van der Waals surface area contributed by atoms with Crippen molar-refractivity contribution >= 4 is 5.78 Å². The van der Waals surface area contributed by atoms with Gasteiger partial charge in [0, 0.05) is 32.5 Å². The molecule has 0 N–H and O–H groups in total. The van der Waals surface area contributed by atoms with Crippen molar-refractivity contribution in [3.8, 4) is 11.8 Å². The zero-order chi connectivity index (χ0) is 30.3. The molecule has 0 atom stereocenters. The number of nitrogens with zero attached hydrogens (tertiary/aromatic N) is 3. The lowest BCUT2D eigenvalue weighted by atomic mass is 10.0. The van der Waals surface area contributed by atoms with Crippen molar-refractivity contribution in [3.63, 3.8) is 0 Å². The molecule has 0 aliphatic carbocycles. The molecule has 43 heavy (non-hydrogen) atoms. The number of hydrogen-bond donors (Lipinski definition) is 0. The van der Waals surface area contributed by atoms with E-state index < -0.39 is 0 Å². The Labute approximate surface area is 256 Å². The third-order valence-electron chi connectivity index (χ3n) is 7.65. The molecule has 0 spiro atoms. The van der Waals surface area contributed by atoms with Crippen molar-refractivity contribution in [2.45, 2.75) is 52.0 Å². The van der Waals surface area contributed by atoms with E-state index in [1.807, 2.05) is 66.7 Å². The molecule has 0 bridgehead atoms. The number of ether oxygens (including phenoxy) is 2. The summed E-state index contributed by atoms with van der Waals surface area (Å²) in [5.41, 5.74) is 4.94. The van der Waals surface area contributed by atoms with Gasteiger partial charge in [-0.3, -0.25) is 9.69 Å². The van der Waals surface area contributed by atoms with E-state index in [-0.39, 0.29) is 5.78 Å². The summed E-state index contributed by atoms with van der Waals surface area (Å²) >= 11 is 0. The van der Waals surface area contributed by atoms with Crippen LogP contribution in [0.4, 0.5) is 0 Å². The number of carbonyl (C=O) groups is 1. The minimum Gasteiger partial charge on any atom is -0.497 e. The lowest BCUT2D eigenvalue weighted by Crippen LogP contribution is -2.27. The minimum atomic E-state index is 0.0371. The van der Waals surface area contributed by atoms with E-state index in [9.17, 15) is 10.1 Å². The summed E-state index contributed by atoms with van der Waals surface area (Å²) in [7, 11) is 1.66. The number of rotatable bonds is 16. The molecule has 6 heteroatoms. The highest BCUT2D eigenvalue weighted by Crippen LogP contribution is 2.24. The molecule has 1 aliphatic rings. The first-order valence-electron chi connectivity index (χ1n) is 15.3. The first-order valence-corrected chi connectivity index (χ1v) is 15.3.